The van der Waals surface area contributed by atoms with E-state index in [4.69, 9.17) is 9.47 Å². The second-order valence-electron chi connectivity index (χ2n) is 11.0. The molecule has 2 aliphatic carbocycles. The minimum absolute atomic E-state index is 0.0614. The number of ether oxygens (including phenoxy) is 2. The van der Waals surface area contributed by atoms with Gasteiger partial charge in [-0.3, -0.25) is 0 Å². The fraction of sp³-hybridized carbons (Fsp3) is 0.516. The molecule has 0 aromatic heterocycles. The van der Waals surface area contributed by atoms with Gasteiger partial charge >= 0.3 is 5.97 Å². The van der Waals surface area contributed by atoms with Crippen molar-refractivity contribution >= 4 is 12.0 Å². The lowest BCUT2D eigenvalue weighted by atomic mass is 9.88. The number of aliphatic hydroxyl groups excluding tert-OH is 1. The third kappa shape index (κ3) is 7.52. The normalized spacial score (nSPS) is 17.8. The number of benzene rings is 2. The molecule has 194 valence electrons. The van der Waals surface area contributed by atoms with Crippen molar-refractivity contribution in [3.63, 3.8) is 0 Å². The summed E-state index contributed by atoms with van der Waals surface area (Å²) in [6.07, 6.45) is 8.17. The summed E-state index contributed by atoms with van der Waals surface area (Å²) in [6, 6.07) is 16.8. The topological polar surface area (TPSA) is 67.8 Å². The van der Waals surface area contributed by atoms with Gasteiger partial charge in [0.15, 0.2) is 0 Å². The molecule has 5 nitrogen and oxygen atoms in total. The number of aliphatic hydroxyl groups is 1. The van der Waals surface area contributed by atoms with Gasteiger partial charge in [-0.2, -0.15) is 0 Å². The molecule has 2 aromatic rings. The molecule has 0 bridgehead atoms. The van der Waals surface area contributed by atoms with Gasteiger partial charge in [0.1, 0.15) is 0 Å². The first kappa shape index (κ1) is 26.6. The third-order valence-electron chi connectivity index (χ3n) is 7.26. The second-order valence-corrected chi connectivity index (χ2v) is 11.0. The maximum Gasteiger partial charge on any atom is 0.330 e. The molecule has 0 amide bonds. The van der Waals surface area contributed by atoms with Crippen LogP contribution in [-0.2, 0) is 27.1 Å². The molecule has 2 aromatic carbocycles. The molecule has 0 spiro atoms. The van der Waals surface area contributed by atoms with E-state index < -0.39 is 6.10 Å². The molecule has 1 fully saturated rings. The van der Waals surface area contributed by atoms with E-state index in [1.165, 1.54) is 17.2 Å². The Labute approximate surface area is 215 Å². The zero-order valence-electron chi connectivity index (χ0n) is 21.9. The number of hydrogen-bond acceptors (Lipinski definition) is 5. The average Bonchev–Trinajstić information content (AvgIpc) is 3.61. The van der Waals surface area contributed by atoms with Gasteiger partial charge in [-0.15, -0.1) is 0 Å². The monoisotopic (exact) mass is 491 g/mol. The predicted octanol–water partition coefficient (Wildman–Crippen LogP) is 5.26. The van der Waals surface area contributed by atoms with Crippen LogP contribution in [0.25, 0.3) is 6.08 Å². The van der Waals surface area contributed by atoms with E-state index in [9.17, 15) is 9.90 Å². The number of β-amino-alcohol motifs (C(OH)–C–C–N with tert-alkyl or cyclic N) is 1. The zero-order chi connectivity index (χ0) is 25.5. The Morgan fingerprint density at radius 2 is 1.78 bits per heavy atom. The summed E-state index contributed by atoms with van der Waals surface area (Å²) in [7, 11) is 0. The first-order valence-corrected chi connectivity index (χ1v) is 13.4. The Hall–Kier alpha value is -2.47. The van der Waals surface area contributed by atoms with Crippen LogP contribution in [0.1, 0.15) is 68.4 Å². The van der Waals surface area contributed by atoms with Crippen molar-refractivity contribution in [3.05, 3.63) is 76.9 Å². The standard InChI is InChI=1S/C31H41NO4/c1-4-35-29(34)16-15-23-9-7-8-12-28(23)30(24-13-14-24)36-21-27(33)20-32-31(2,3)19-22-17-25-10-5-6-11-26(25)18-22/h5-12,15-16,22,24,27,30,32-33H,4,13-14,17-21H2,1-3H3/b16-15+/t27-,30+/m1/s1. The molecule has 2 aliphatic rings. The van der Waals surface area contributed by atoms with Gasteiger partial charge in [0.05, 0.1) is 25.4 Å². The average molecular weight is 492 g/mol. The summed E-state index contributed by atoms with van der Waals surface area (Å²) in [5.41, 5.74) is 4.91. The molecule has 0 heterocycles. The number of nitrogens with one attached hydrogen (secondary N) is 1. The van der Waals surface area contributed by atoms with Crippen LogP contribution in [0.3, 0.4) is 0 Å². The van der Waals surface area contributed by atoms with Gasteiger partial charge in [-0.25, -0.2) is 4.79 Å². The van der Waals surface area contributed by atoms with Crippen molar-refractivity contribution in [2.75, 3.05) is 19.8 Å². The molecule has 0 radical (unpaired) electrons. The summed E-state index contributed by atoms with van der Waals surface area (Å²) >= 11 is 0. The Kier molecular flexibility index (Phi) is 9.00. The molecule has 5 heteroatoms. The molecule has 2 atom stereocenters. The van der Waals surface area contributed by atoms with Gasteiger partial charge in [-0.1, -0.05) is 48.5 Å². The van der Waals surface area contributed by atoms with Crippen LogP contribution in [0.2, 0.25) is 0 Å². The minimum Gasteiger partial charge on any atom is -0.463 e. The van der Waals surface area contributed by atoms with Crippen LogP contribution in [0.4, 0.5) is 0 Å². The fourth-order valence-corrected chi connectivity index (χ4v) is 5.40. The highest BCUT2D eigenvalue weighted by Crippen LogP contribution is 2.44. The summed E-state index contributed by atoms with van der Waals surface area (Å²) in [5, 5.41) is 14.3. The highest BCUT2D eigenvalue weighted by Gasteiger charge is 2.35. The van der Waals surface area contributed by atoms with Gasteiger partial charge in [0.25, 0.3) is 0 Å². The van der Waals surface area contributed by atoms with Gasteiger partial charge in [0, 0.05) is 18.2 Å². The molecule has 1 saturated carbocycles. The quantitative estimate of drug-likeness (QED) is 0.295. The van der Waals surface area contributed by atoms with E-state index in [1.807, 2.05) is 18.2 Å². The second kappa shape index (κ2) is 12.2. The number of hydrogen-bond donors (Lipinski definition) is 2. The van der Waals surface area contributed by atoms with Crippen LogP contribution in [0.15, 0.2) is 54.6 Å². The van der Waals surface area contributed by atoms with Crippen molar-refractivity contribution in [3.8, 4) is 0 Å². The van der Waals surface area contributed by atoms with Crippen LogP contribution in [0, 0.1) is 11.8 Å². The van der Waals surface area contributed by atoms with E-state index in [1.54, 1.807) is 13.0 Å². The smallest absolute Gasteiger partial charge is 0.330 e. The summed E-state index contributed by atoms with van der Waals surface area (Å²) < 4.78 is 11.3. The van der Waals surface area contributed by atoms with Crippen molar-refractivity contribution < 1.29 is 19.4 Å². The minimum atomic E-state index is -0.589. The van der Waals surface area contributed by atoms with E-state index >= 15 is 0 Å². The summed E-state index contributed by atoms with van der Waals surface area (Å²) in [6.45, 7) is 7.37. The first-order valence-electron chi connectivity index (χ1n) is 13.4. The van der Waals surface area contributed by atoms with Crippen LogP contribution < -0.4 is 5.32 Å². The molecule has 0 saturated heterocycles. The highest BCUT2D eigenvalue weighted by molar-refractivity contribution is 5.87. The van der Waals surface area contributed by atoms with Crippen molar-refractivity contribution in [1.29, 1.82) is 0 Å². The number of rotatable bonds is 13. The largest absolute Gasteiger partial charge is 0.463 e. The SMILES string of the molecule is CCOC(=O)/C=C/c1ccccc1[C@@H](OC[C@H](O)CNC(C)(C)CC1Cc2ccccc2C1)C1CC1. The van der Waals surface area contributed by atoms with E-state index in [-0.39, 0.29) is 24.2 Å². The van der Waals surface area contributed by atoms with Gasteiger partial charge in [-0.05, 0) is 93.0 Å². The molecule has 36 heavy (non-hydrogen) atoms. The number of esters is 1. The lowest BCUT2D eigenvalue weighted by Gasteiger charge is -2.31. The zero-order valence-corrected chi connectivity index (χ0v) is 21.9. The molecular formula is C31H41NO4. The molecule has 2 N–H and O–H groups in total. The summed E-state index contributed by atoms with van der Waals surface area (Å²) in [5.74, 6) is 0.737. The first-order chi connectivity index (χ1) is 17.3. The molecule has 0 unspecified atom stereocenters. The van der Waals surface area contributed by atoms with E-state index in [0.29, 0.717) is 25.0 Å². The Balaban J connectivity index is 1.28. The Morgan fingerprint density at radius 1 is 1.11 bits per heavy atom. The molecule has 0 aliphatic heterocycles. The number of carbonyl (C=O) groups is 1. The third-order valence-corrected chi connectivity index (χ3v) is 7.26. The lowest BCUT2D eigenvalue weighted by Crippen LogP contribution is -2.45. The van der Waals surface area contributed by atoms with Crippen molar-refractivity contribution in [2.45, 2.75) is 70.6 Å². The Bertz CT molecular complexity index is 1020. The highest BCUT2D eigenvalue weighted by atomic mass is 16.5. The lowest BCUT2D eigenvalue weighted by molar-refractivity contribution is -0.137. The van der Waals surface area contributed by atoms with Crippen molar-refractivity contribution in [1.82, 2.24) is 5.32 Å². The van der Waals surface area contributed by atoms with Crippen LogP contribution in [0.5, 0.6) is 0 Å². The van der Waals surface area contributed by atoms with Crippen LogP contribution in [-0.4, -0.2) is 42.5 Å². The molecule has 4 rings (SSSR count). The van der Waals surface area contributed by atoms with Gasteiger partial charge in [0.2, 0.25) is 0 Å². The maximum atomic E-state index is 11.8. The number of carbonyl (C=O) groups excluding carboxylic acids is 1. The van der Waals surface area contributed by atoms with Crippen LogP contribution >= 0.6 is 0 Å². The van der Waals surface area contributed by atoms with E-state index in [0.717, 1.165) is 43.2 Å². The fourth-order valence-electron chi connectivity index (χ4n) is 5.40. The molecular weight excluding hydrogens is 450 g/mol. The maximum absolute atomic E-state index is 11.8. The van der Waals surface area contributed by atoms with Gasteiger partial charge < -0.3 is 19.9 Å². The predicted molar refractivity (Wildman–Crippen MR) is 144 cm³/mol. The number of fused-ring (bicyclic) bond motifs is 1. The van der Waals surface area contributed by atoms with E-state index in [2.05, 4.69) is 49.5 Å². The van der Waals surface area contributed by atoms with Crippen molar-refractivity contribution in [2.24, 2.45) is 11.8 Å². The summed E-state index contributed by atoms with van der Waals surface area (Å²) in [4.78, 5) is 11.8. The Morgan fingerprint density at radius 3 is 2.44 bits per heavy atom.